The molecule has 0 unspecified atom stereocenters. The Bertz CT molecular complexity index is 1150. The van der Waals surface area contributed by atoms with Gasteiger partial charge in [-0.2, -0.15) is 0 Å². The molecule has 0 aliphatic carbocycles. The molecule has 2 aromatic carbocycles. The molecule has 4 aromatic rings. The van der Waals surface area contributed by atoms with Crippen LogP contribution in [0.15, 0.2) is 63.6 Å². The largest absolute Gasteiger partial charge is 0.360 e. The lowest BCUT2D eigenvalue weighted by Gasteiger charge is -2.12. The summed E-state index contributed by atoms with van der Waals surface area (Å²) in [6, 6.07) is 17.2. The quantitative estimate of drug-likeness (QED) is 0.472. The van der Waals surface area contributed by atoms with Gasteiger partial charge >= 0.3 is 0 Å². The molecule has 0 saturated heterocycles. The van der Waals surface area contributed by atoms with E-state index < -0.39 is 0 Å². The van der Waals surface area contributed by atoms with E-state index in [1.54, 1.807) is 13.0 Å². The highest BCUT2D eigenvalue weighted by atomic mass is 79.9. The molecule has 0 spiro atoms. The van der Waals surface area contributed by atoms with Crippen LogP contribution < -0.4 is 5.32 Å². The number of nitrogens with zero attached hydrogens (tertiary/aromatic N) is 2. The zero-order valence-electron chi connectivity index (χ0n) is 14.8. The third kappa shape index (κ3) is 3.48. The Kier molecular flexibility index (Phi) is 4.49. The zero-order chi connectivity index (χ0) is 19.0. The Labute approximate surface area is 164 Å². The van der Waals surface area contributed by atoms with Gasteiger partial charge in [0.25, 0.3) is 5.91 Å². The number of benzene rings is 2. The number of pyridine rings is 1. The highest BCUT2D eigenvalue weighted by molar-refractivity contribution is 9.10. The van der Waals surface area contributed by atoms with Crippen LogP contribution in [0.5, 0.6) is 0 Å². The lowest BCUT2D eigenvalue weighted by molar-refractivity contribution is 0.102. The van der Waals surface area contributed by atoms with Crippen molar-refractivity contribution >= 4 is 38.6 Å². The van der Waals surface area contributed by atoms with Crippen molar-refractivity contribution in [2.24, 2.45) is 0 Å². The smallest absolute Gasteiger partial charge is 0.257 e. The number of hydrogen-bond donors (Lipinski definition) is 1. The third-order valence-electron chi connectivity index (χ3n) is 4.25. The van der Waals surface area contributed by atoms with E-state index in [4.69, 9.17) is 9.51 Å². The Balaban J connectivity index is 1.89. The molecule has 0 radical (unpaired) electrons. The lowest BCUT2D eigenvalue weighted by atomic mass is 10.0. The van der Waals surface area contributed by atoms with E-state index in [1.807, 2.05) is 55.5 Å². The molecule has 6 heteroatoms. The minimum Gasteiger partial charge on any atom is -0.360 e. The first-order chi connectivity index (χ1) is 13.0. The number of carbonyl (C=O) groups excluding carboxylic acids is 1. The second-order valence-electron chi connectivity index (χ2n) is 6.32. The monoisotopic (exact) mass is 421 g/mol. The van der Waals surface area contributed by atoms with Gasteiger partial charge in [0, 0.05) is 21.5 Å². The van der Waals surface area contributed by atoms with Gasteiger partial charge in [0.15, 0.2) is 5.82 Å². The van der Waals surface area contributed by atoms with E-state index in [0.29, 0.717) is 17.1 Å². The van der Waals surface area contributed by atoms with E-state index in [1.165, 1.54) is 0 Å². The van der Waals surface area contributed by atoms with Crippen LogP contribution in [0.1, 0.15) is 21.7 Å². The van der Waals surface area contributed by atoms with Crippen molar-refractivity contribution in [3.63, 3.8) is 0 Å². The summed E-state index contributed by atoms with van der Waals surface area (Å²) in [6.45, 7) is 3.76. The molecule has 0 bridgehead atoms. The van der Waals surface area contributed by atoms with Gasteiger partial charge in [-0.05, 0) is 37.6 Å². The van der Waals surface area contributed by atoms with Crippen molar-refractivity contribution in [3.05, 3.63) is 76.0 Å². The van der Waals surface area contributed by atoms with Crippen LogP contribution in [-0.2, 0) is 0 Å². The Morgan fingerprint density at radius 3 is 2.56 bits per heavy atom. The first-order valence-corrected chi connectivity index (χ1v) is 9.21. The molecule has 4 rings (SSSR count). The van der Waals surface area contributed by atoms with Gasteiger partial charge in [-0.3, -0.25) is 4.79 Å². The van der Waals surface area contributed by atoms with Crippen LogP contribution in [0.3, 0.4) is 0 Å². The number of rotatable bonds is 3. The van der Waals surface area contributed by atoms with Crippen molar-refractivity contribution in [3.8, 4) is 11.3 Å². The van der Waals surface area contributed by atoms with Gasteiger partial charge in [0.05, 0.1) is 16.8 Å². The normalized spacial score (nSPS) is 10.9. The Morgan fingerprint density at radius 2 is 1.85 bits per heavy atom. The third-order valence-corrected chi connectivity index (χ3v) is 4.71. The van der Waals surface area contributed by atoms with E-state index in [9.17, 15) is 4.79 Å². The van der Waals surface area contributed by atoms with Gasteiger partial charge in [-0.15, -0.1) is 0 Å². The van der Waals surface area contributed by atoms with Crippen LogP contribution >= 0.6 is 15.9 Å². The lowest BCUT2D eigenvalue weighted by Crippen LogP contribution is -2.13. The molecule has 2 heterocycles. The summed E-state index contributed by atoms with van der Waals surface area (Å²) >= 11 is 3.51. The summed E-state index contributed by atoms with van der Waals surface area (Å²) in [4.78, 5) is 17.8. The van der Waals surface area contributed by atoms with Crippen molar-refractivity contribution in [2.45, 2.75) is 13.8 Å². The fraction of sp³-hybridized carbons (Fsp3) is 0.0952. The van der Waals surface area contributed by atoms with Gasteiger partial charge < -0.3 is 9.84 Å². The number of hydrogen-bond acceptors (Lipinski definition) is 4. The second kappa shape index (κ2) is 6.96. The van der Waals surface area contributed by atoms with Crippen molar-refractivity contribution in [2.75, 3.05) is 5.32 Å². The van der Waals surface area contributed by atoms with Gasteiger partial charge in [-0.25, -0.2) is 4.98 Å². The number of fused-ring (bicyclic) bond motifs is 1. The number of halogens is 1. The van der Waals surface area contributed by atoms with Crippen molar-refractivity contribution < 1.29 is 9.32 Å². The number of nitrogens with one attached hydrogen (secondary N) is 1. The molecular formula is C21H16BrN3O2. The minimum absolute atomic E-state index is 0.259. The average molecular weight is 422 g/mol. The molecular weight excluding hydrogens is 406 g/mol. The standard InChI is InChI=1S/C21H16BrN3O2/c1-12-8-15(22)10-16-17(21(26)24-19-9-13(2)27-25-19)11-18(23-20(12)16)14-6-4-3-5-7-14/h3-11H,1-2H3,(H,24,25,26). The molecule has 27 heavy (non-hydrogen) atoms. The highest BCUT2D eigenvalue weighted by Crippen LogP contribution is 2.30. The van der Waals surface area contributed by atoms with E-state index in [2.05, 4.69) is 26.4 Å². The van der Waals surface area contributed by atoms with E-state index >= 15 is 0 Å². The van der Waals surface area contributed by atoms with Crippen molar-refractivity contribution in [1.82, 2.24) is 10.1 Å². The first kappa shape index (κ1) is 17.4. The average Bonchev–Trinajstić information content (AvgIpc) is 3.06. The topological polar surface area (TPSA) is 68.0 Å². The Morgan fingerprint density at radius 1 is 1.07 bits per heavy atom. The summed E-state index contributed by atoms with van der Waals surface area (Å²) in [5, 5.41) is 7.42. The maximum absolute atomic E-state index is 13.0. The molecule has 0 atom stereocenters. The zero-order valence-corrected chi connectivity index (χ0v) is 16.4. The summed E-state index contributed by atoms with van der Waals surface area (Å²) in [5.41, 5.74) is 4.01. The second-order valence-corrected chi connectivity index (χ2v) is 7.23. The van der Waals surface area contributed by atoms with E-state index in [-0.39, 0.29) is 5.91 Å². The number of anilines is 1. The number of aryl methyl sites for hydroxylation is 2. The molecule has 0 saturated carbocycles. The minimum atomic E-state index is -0.259. The number of aromatic nitrogens is 2. The predicted molar refractivity (Wildman–Crippen MR) is 109 cm³/mol. The highest BCUT2D eigenvalue weighted by Gasteiger charge is 2.17. The van der Waals surface area contributed by atoms with Crippen LogP contribution in [0, 0.1) is 13.8 Å². The molecule has 1 N–H and O–H groups in total. The maximum Gasteiger partial charge on any atom is 0.257 e. The Hall–Kier alpha value is -2.99. The predicted octanol–water partition coefficient (Wildman–Crippen LogP) is 5.52. The van der Waals surface area contributed by atoms with Crippen LogP contribution in [0.4, 0.5) is 5.82 Å². The fourth-order valence-electron chi connectivity index (χ4n) is 3.01. The summed E-state index contributed by atoms with van der Waals surface area (Å²) < 4.78 is 5.93. The molecule has 2 aromatic heterocycles. The fourth-order valence-corrected chi connectivity index (χ4v) is 3.58. The van der Waals surface area contributed by atoms with Gasteiger partial charge in [0.1, 0.15) is 5.76 Å². The first-order valence-electron chi connectivity index (χ1n) is 8.42. The molecule has 1 amide bonds. The summed E-state index contributed by atoms with van der Waals surface area (Å²) in [5.74, 6) is 0.759. The van der Waals surface area contributed by atoms with Crippen molar-refractivity contribution in [1.29, 1.82) is 0 Å². The van der Waals surface area contributed by atoms with Crippen LogP contribution in [0.25, 0.3) is 22.2 Å². The number of carbonyl (C=O) groups is 1. The van der Waals surface area contributed by atoms with E-state index in [0.717, 1.165) is 32.2 Å². The molecule has 0 fully saturated rings. The van der Waals surface area contributed by atoms with Crippen LogP contribution in [0.2, 0.25) is 0 Å². The van der Waals surface area contributed by atoms with Crippen LogP contribution in [-0.4, -0.2) is 16.0 Å². The molecule has 0 aliphatic rings. The maximum atomic E-state index is 13.0. The molecule has 134 valence electrons. The summed E-state index contributed by atoms with van der Waals surface area (Å²) in [6.07, 6.45) is 0. The SMILES string of the molecule is Cc1cc(NC(=O)c2cc(-c3ccccc3)nc3c(C)cc(Br)cc23)no1. The molecule has 5 nitrogen and oxygen atoms in total. The van der Waals surface area contributed by atoms with Gasteiger partial charge in [0.2, 0.25) is 0 Å². The molecule has 0 aliphatic heterocycles. The van der Waals surface area contributed by atoms with Gasteiger partial charge in [-0.1, -0.05) is 51.4 Å². The summed E-state index contributed by atoms with van der Waals surface area (Å²) in [7, 11) is 0. The number of amides is 1.